The first kappa shape index (κ1) is 13.1. The highest BCUT2D eigenvalue weighted by atomic mass is 14.4. The van der Waals surface area contributed by atoms with Crippen LogP contribution >= 0.6 is 0 Å². The normalized spacial score (nSPS) is 15.8. The minimum Gasteiger partial charge on any atom is -0.0619 e. The standard InChI is InChI=1S/C23H20/c1-14-8-10-18-19-11-9-16-13-15-6-4-5-7-17(15)21(16)22(19)23(2,3)20(18)12-14/h4-12H,13H2,1-3H3. The van der Waals surface area contributed by atoms with E-state index < -0.39 is 0 Å². The lowest BCUT2D eigenvalue weighted by Gasteiger charge is -2.25. The minimum absolute atomic E-state index is 0.0689. The van der Waals surface area contributed by atoms with Gasteiger partial charge in [-0.3, -0.25) is 0 Å². The molecule has 2 aliphatic rings. The Balaban J connectivity index is 1.89. The summed E-state index contributed by atoms with van der Waals surface area (Å²) in [7, 11) is 0. The van der Waals surface area contributed by atoms with Crippen molar-refractivity contribution in [3.63, 3.8) is 0 Å². The number of aryl methyl sites for hydroxylation is 1. The molecule has 0 saturated carbocycles. The number of rotatable bonds is 0. The number of benzene rings is 3. The van der Waals surface area contributed by atoms with Gasteiger partial charge in [-0.1, -0.05) is 74.0 Å². The van der Waals surface area contributed by atoms with E-state index in [1.165, 1.54) is 50.1 Å². The van der Waals surface area contributed by atoms with Gasteiger partial charge in [0.2, 0.25) is 0 Å². The van der Waals surface area contributed by atoms with Crippen LogP contribution in [0.15, 0.2) is 54.6 Å². The van der Waals surface area contributed by atoms with E-state index in [1.54, 1.807) is 0 Å². The second kappa shape index (κ2) is 4.14. The van der Waals surface area contributed by atoms with Crippen molar-refractivity contribution in [2.45, 2.75) is 32.6 Å². The Hall–Kier alpha value is -2.34. The van der Waals surface area contributed by atoms with Crippen molar-refractivity contribution < 1.29 is 0 Å². The van der Waals surface area contributed by atoms with Crippen LogP contribution in [-0.4, -0.2) is 0 Å². The highest BCUT2D eigenvalue weighted by Gasteiger charge is 2.39. The molecule has 0 atom stereocenters. The van der Waals surface area contributed by atoms with Crippen molar-refractivity contribution in [1.29, 1.82) is 0 Å². The Morgan fingerprint density at radius 1 is 0.783 bits per heavy atom. The Bertz CT molecular complexity index is 973. The van der Waals surface area contributed by atoms with Crippen LogP contribution in [-0.2, 0) is 11.8 Å². The molecule has 0 spiro atoms. The molecule has 0 amide bonds. The summed E-state index contributed by atoms with van der Waals surface area (Å²) in [4.78, 5) is 0. The SMILES string of the molecule is Cc1ccc2c(c1)C(C)(C)c1c-2ccc2c1-c1ccccc1C2. The zero-order chi connectivity index (χ0) is 15.8. The predicted molar refractivity (Wildman–Crippen MR) is 97.0 cm³/mol. The fourth-order valence-corrected chi connectivity index (χ4v) is 4.64. The number of hydrogen-bond acceptors (Lipinski definition) is 0. The van der Waals surface area contributed by atoms with Crippen molar-refractivity contribution in [3.05, 3.63) is 82.4 Å². The second-order valence-corrected chi connectivity index (χ2v) is 7.53. The van der Waals surface area contributed by atoms with E-state index in [9.17, 15) is 0 Å². The van der Waals surface area contributed by atoms with Crippen molar-refractivity contribution >= 4 is 0 Å². The van der Waals surface area contributed by atoms with Gasteiger partial charge in [-0.05, 0) is 57.9 Å². The topological polar surface area (TPSA) is 0 Å². The van der Waals surface area contributed by atoms with Gasteiger partial charge in [-0.15, -0.1) is 0 Å². The molecule has 0 N–H and O–H groups in total. The van der Waals surface area contributed by atoms with Crippen LogP contribution in [0.2, 0.25) is 0 Å². The first-order chi connectivity index (χ1) is 11.1. The number of hydrogen-bond donors (Lipinski definition) is 0. The van der Waals surface area contributed by atoms with Crippen molar-refractivity contribution in [2.75, 3.05) is 0 Å². The summed E-state index contributed by atoms with van der Waals surface area (Å²) >= 11 is 0. The monoisotopic (exact) mass is 296 g/mol. The summed E-state index contributed by atoms with van der Waals surface area (Å²) in [6.45, 7) is 6.97. The molecule has 0 fully saturated rings. The van der Waals surface area contributed by atoms with Gasteiger partial charge < -0.3 is 0 Å². The highest BCUT2D eigenvalue weighted by Crippen LogP contribution is 2.55. The van der Waals surface area contributed by atoms with Crippen LogP contribution in [0.3, 0.4) is 0 Å². The molecule has 0 aliphatic heterocycles. The molecule has 0 bridgehead atoms. The molecular formula is C23H20. The lowest BCUT2D eigenvalue weighted by Crippen LogP contribution is -2.16. The summed E-state index contributed by atoms with van der Waals surface area (Å²) in [6.07, 6.45) is 1.07. The van der Waals surface area contributed by atoms with E-state index in [0.29, 0.717) is 0 Å². The molecule has 0 saturated heterocycles. The number of fused-ring (bicyclic) bond motifs is 7. The van der Waals surface area contributed by atoms with Gasteiger partial charge in [-0.25, -0.2) is 0 Å². The maximum Gasteiger partial charge on any atom is 0.0165 e. The van der Waals surface area contributed by atoms with Crippen LogP contribution in [0.25, 0.3) is 22.3 Å². The predicted octanol–water partition coefficient (Wildman–Crippen LogP) is 5.87. The lowest BCUT2D eigenvalue weighted by molar-refractivity contribution is 0.661. The minimum atomic E-state index is 0.0689. The molecular weight excluding hydrogens is 276 g/mol. The molecule has 0 heteroatoms. The fourth-order valence-electron chi connectivity index (χ4n) is 4.64. The van der Waals surface area contributed by atoms with Gasteiger partial charge in [0.25, 0.3) is 0 Å². The summed E-state index contributed by atoms with van der Waals surface area (Å²) in [5, 5.41) is 0. The second-order valence-electron chi connectivity index (χ2n) is 7.53. The highest BCUT2D eigenvalue weighted by molar-refractivity contribution is 5.92. The molecule has 0 nitrogen and oxygen atoms in total. The van der Waals surface area contributed by atoms with E-state index in [0.717, 1.165) is 6.42 Å². The molecule has 0 unspecified atom stereocenters. The van der Waals surface area contributed by atoms with Gasteiger partial charge in [0.05, 0.1) is 0 Å². The van der Waals surface area contributed by atoms with E-state index in [1.807, 2.05) is 0 Å². The molecule has 3 aromatic rings. The molecule has 3 aromatic carbocycles. The largest absolute Gasteiger partial charge is 0.0619 e. The Kier molecular flexibility index (Phi) is 2.36. The molecule has 0 heterocycles. The molecule has 2 aliphatic carbocycles. The summed E-state index contributed by atoms with van der Waals surface area (Å²) in [6, 6.07) is 20.5. The van der Waals surface area contributed by atoms with Crippen LogP contribution < -0.4 is 0 Å². The third kappa shape index (κ3) is 1.56. The van der Waals surface area contributed by atoms with E-state index in [2.05, 4.69) is 75.4 Å². The average molecular weight is 296 g/mol. The summed E-state index contributed by atoms with van der Waals surface area (Å²) < 4.78 is 0. The maximum atomic E-state index is 2.39. The molecule has 112 valence electrons. The molecule has 0 radical (unpaired) electrons. The average Bonchev–Trinajstić information content (AvgIpc) is 3.01. The molecule has 23 heavy (non-hydrogen) atoms. The molecule has 5 rings (SSSR count). The third-order valence-electron chi connectivity index (χ3n) is 5.72. The van der Waals surface area contributed by atoms with Gasteiger partial charge in [-0.2, -0.15) is 0 Å². The maximum absolute atomic E-state index is 2.39. The van der Waals surface area contributed by atoms with E-state index >= 15 is 0 Å². The van der Waals surface area contributed by atoms with Crippen LogP contribution in [0.1, 0.15) is 41.7 Å². The zero-order valence-electron chi connectivity index (χ0n) is 13.9. The quantitative estimate of drug-likeness (QED) is 0.380. The van der Waals surface area contributed by atoms with E-state index in [-0.39, 0.29) is 5.41 Å². The van der Waals surface area contributed by atoms with Crippen LogP contribution in [0.5, 0.6) is 0 Å². The van der Waals surface area contributed by atoms with Gasteiger partial charge in [0.1, 0.15) is 0 Å². The summed E-state index contributed by atoms with van der Waals surface area (Å²) in [5.41, 5.74) is 13.2. The first-order valence-electron chi connectivity index (χ1n) is 8.43. The van der Waals surface area contributed by atoms with Gasteiger partial charge >= 0.3 is 0 Å². The Labute approximate surface area is 137 Å². The zero-order valence-corrected chi connectivity index (χ0v) is 13.9. The Morgan fingerprint density at radius 3 is 2.43 bits per heavy atom. The van der Waals surface area contributed by atoms with Crippen molar-refractivity contribution in [1.82, 2.24) is 0 Å². The van der Waals surface area contributed by atoms with Crippen molar-refractivity contribution in [2.24, 2.45) is 0 Å². The van der Waals surface area contributed by atoms with Gasteiger partial charge in [0, 0.05) is 5.41 Å². The fraction of sp³-hybridized carbons (Fsp3) is 0.217. The van der Waals surface area contributed by atoms with E-state index in [4.69, 9.17) is 0 Å². The van der Waals surface area contributed by atoms with Crippen LogP contribution in [0.4, 0.5) is 0 Å². The summed E-state index contributed by atoms with van der Waals surface area (Å²) in [5.74, 6) is 0. The lowest BCUT2D eigenvalue weighted by atomic mass is 9.78. The third-order valence-corrected chi connectivity index (χ3v) is 5.72. The van der Waals surface area contributed by atoms with Crippen molar-refractivity contribution in [3.8, 4) is 22.3 Å². The first-order valence-corrected chi connectivity index (χ1v) is 8.43. The molecule has 0 aromatic heterocycles. The smallest absolute Gasteiger partial charge is 0.0165 e. The van der Waals surface area contributed by atoms with Crippen LogP contribution in [0, 0.1) is 6.92 Å². The van der Waals surface area contributed by atoms with Gasteiger partial charge in [0.15, 0.2) is 0 Å². The Morgan fingerprint density at radius 2 is 1.57 bits per heavy atom.